The minimum atomic E-state index is 0.960. The van der Waals surface area contributed by atoms with Gasteiger partial charge in [0.1, 0.15) is 0 Å². The minimum Gasteiger partial charge on any atom is -0.317 e. The molecule has 0 aromatic carbocycles. The van der Waals surface area contributed by atoms with E-state index >= 15 is 0 Å². The molecule has 2 heteroatoms. The van der Waals surface area contributed by atoms with Crippen LogP contribution in [0.2, 0.25) is 0 Å². The standard InChI is InChI=1S/C17H36N2/c1-3-5-7-16-8-10-17(11-9-16)15-19-14-6-13-18-12-4-2/h16-19H,3-15H2,1-2H3. The molecule has 1 rings (SSSR count). The fourth-order valence-electron chi connectivity index (χ4n) is 3.16. The molecule has 0 aromatic heterocycles. The fraction of sp³-hybridized carbons (Fsp3) is 1.00. The number of nitrogens with one attached hydrogen (secondary N) is 2. The van der Waals surface area contributed by atoms with Gasteiger partial charge in [-0.3, -0.25) is 0 Å². The SMILES string of the molecule is CCCCC1CCC(CNCCCNCCC)CC1. The van der Waals surface area contributed by atoms with E-state index in [0.29, 0.717) is 0 Å². The smallest absolute Gasteiger partial charge is 0.00205 e. The van der Waals surface area contributed by atoms with Crippen LogP contribution in [0.25, 0.3) is 0 Å². The highest BCUT2D eigenvalue weighted by molar-refractivity contribution is 4.74. The van der Waals surface area contributed by atoms with Gasteiger partial charge in [-0.05, 0) is 63.7 Å². The molecule has 1 aliphatic rings. The second kappa shape index (κ2) is 11.7. The minimum absolute atomic E-state index is 0.960. The zero-order valence-electron chi connectivity index (χ0n) is 13.3. The van der Waals surface area contributed by atoms with Crippen LogP contribution in [0.1, 0.15) is 71.6 Å². The van der Waals surface area contributed by atoms with Gasteiger partial charge in [-0.15, -0.1) is 0 Å². The zero-order valence-corrected chi connectivity index (χ0v) is 13.3. The van der Waals surface area contributed by atoms with E-state index in [1.54, 1.807) is 0 Å². The van der Waals surface area contributed by atoms with E-state index in [4.69, 9.17) is 0 Å². The molecule has 0 unspecified atom stereocenters. The summed E-state index contributed by atoms with van der Waals surface area (Å²) in [5.74, 6) is 2.01. The first-order valence-electron chi connectivity index (χ1n) is 8.78. The van der Waals surface area contributed by atoms with Gasteiger partial charge >= 0.3 is 0 Å². The lowest BCUT2D eigenvalue weighted by Crippen LogP contribution is -2.29. The molecule has 19 heavy (non-hydrogen) atoms. The number of hydrogen-bond donors (Lipinski definition) is 2. The first-order valence-corrected chi connectivity index (χ1v) is 8.78. The summed E-state index contributed by atoms with van der Waals surface area (Å²) >= 11 is 0. The predicted octanol–water partition coefficient (Wildman–Crippen LogP) is 3.96. The summed E-state index contributed by atoms with van der Waals surface area (Å²) in [6.45, 7) is 9.32. The van der Waals surface area contributed by atoms with Gasteiger partial charge in [-0.25, -0.2) is 0 Å². The molecule has 0 aromatic rings. The molecule has 0 aliphatic heterocycles. The molecule has 114 valence electrons. The van der Waals surface area contributed by atoms with E-state index in [0.717, 1.165) is 11.8 Å². The Balaban J connectivity index is 1.89. The van der Waals surface area contributed by atoms with Crippen molar-refractivity contribution in [1.29, 1.82) is 0 Å². The average Bonchev–Trinajstić information content (AvgIpc) is 2.45. The summed E-state index contributed by atoms with van der Waals surface area (Å²) < 4.78 is 0. The lowest BCUT2D eigenvalue weighted by atomic mass is 9.80. The van der Waals surface area contributed by atoms with Gasteiger partial charge in [0.15, 0.2) is 0 Å². The third-order valence-electron chi connectivity index (χ3n) is 4.50. The molecule has 0 saturated heterocycles. The maximum Gasteiger partial charge on any atom is -0.00205 e. The highest BCUT2D eigenvalue weighted by Gasteiger charge is 2.20. The largest absolute Gasteiger partial charge is 0.317 e. The zero-order chi connectivity index (χ0) is 13.8. The molecule has 1 fully saturated rings. The van der Waals surface area contributed by atoms with Crippen molar-refractivity contribution in [3.8, 4) is 0 Å². The second-order valence-electron chi connectivity index (χ2n) is 6.34. The Morgan fingerprint density at radius 2 is 1.42 bits per heavy atom. The van der Waals surface area contributed by atoms with Crippen LogP contribution in [-0.4, -0.2) is 26.2 Å². The summed E-state index contributed by atoms with van der Waals surface area (Å²) in [6, 6.07) is 0. The molecule has 1 aliphatic carbocycles. The number of unbranched alkanes of at least 4 members (excludes halogenated alkanes) is 1. The van der Waals surface area contributed by atoms with Crippen LogP contribution in [0.3, 0.4) is 0 Å². The van der Waals surface area contributed by atoms with E-state index < -0.39 is 0 Å². The molecule has 0 heterocycles. The first-order chi connectivity index (χ1) is 9.36. The van der Waals surface area contributed by atoms with Gasteiger partial charge in [0.2, 0.25) is 0 Å². The van der Waals surface area contributed by atoms with Crippen molar-refractivity contribution in [2.45, 2.75) is 71.6 Å². The van der Waals surface area contributed by atoms with Gasteiger partial charge < -0.3 is 10.6 Å². The molecule has 0 amide bonds. The van der Waals surface area contributed by atoms with E-state index in [1.807, 2.05) is 0 Å². The third-order valence-corrected chi connectivity index (χ3v) is 4.50. The summed E-state index contributed by atoms with van der Waals surface area (Å²) in [6.07, 6.45) is 12.7. The maximum atomic E-state index is 3.65. The van der Waals surface area contributed by atoms with E-state index in [-0.39, 0.29) is 0 Å². The molecular formula is C17H36N2. The van der Waals surface area contributed by atoms with Crippen molar-refractivity contribution < 1.29 is 0 Å². The van der Waals surface area contributed by atoms with Crippen molar-refractivity contribution >= 4 is 0 Å². The Bertz CT molecular complexity index is 186. The maximum absolute atomic E-state index is 3.65. The van der Waals surface area contributed by atoms with Crippen molar-refractivity contribution in [3.05, 3.63) is 0 Å². The van der Waals surface area contributed by atoms with Crippen LogP contribution >= 0.6 is 0 Å². The van der Waals surface area contributed by atoms with Crippen molar-refractivity contribution in [3.63, 3.8) is 0 Å². The Morgan fingerprint density at radius 3 is 2.11 bits per heavy atom. The Morgan fingerprint density at radius 1 is 0.737 bits per heavy atom. The molecule has 0 spiro atoms. The lowest BCUT2D eigenvalue weighted by molar-refractivity contribution is 0.254. The molecule has 0 radical (unpaired) electrons. The number of rotatable bonds is 11. The van der Waals surface area contributed by atoms with Crippen LogP contribution in [0.15, 0.2) is 0 Å². The van der Waals surface area contributed by atoms with Gasteiger partial charge in [-0.2, -0.15) is 0 Å². The van der Waals surface area contributed by atoms with Crippen molar-refractivity contribution in [2.24, 2.45) is 11.8 Å². The van der Waals surface area contributed by atoms with Crippen molar-refractivity contribution in [1.82, 2.24) is 10.6 Å². The normalized spacial score (nSPS) is 23.7. The highest BCUT2D eigenvalue weighted by atomic mass is 14.9. The third kappa shape index (κ3) is 8.65. The highest BCUT2D eigenvalue weighted by Crippen LogP contribution is 2.31. The van der Waals surface area contributed by atoms with Gasteiger partial charge in [0, 0.05) is 0 Å². The van der Waals surface area contributed by atoms with Crippen LogP contribution in [0.4, 0.5) is 0 Å². The van der Waals surface area contributed by atoms with E-state index in [9.17, 15) is 0 Å². The monoisotopic (exact) mass is 268 g/mol. The Kier molecular flexibility index (Phi) is 10.5. The topological polar surface area (TPSA) is 24.1 Å². The van der Waals surface area contributed by atoms with Crippen LogP contribution < -0.4 is 10.6 Å². The number of hydrogen-bond acceptors (Lipinski definition) is 2. The first kappa shape index (κ1) is 17.0. The van der Waals surface area contributed by atoms with Crippen LogP contribution in [0.5, 0.6) is 0 Å². The summed E-state index contributed by atoms with van der Waals surface area (Å²) in [5.41, 5.74) is 0. The van der Waals surface area contributed by atoms with Crippen LogP contribution in [0, 0.1) is 11.8 Å². The molecule has 0 bridgehead atoms. The lowest BCUT2D eigenvalue weighted by Gasteiger charge is -2.28. The quantitative estimate of drug-likeness (QED) is 0.554. The van der Waals surface area contributed by atoms with Crippen molar-refractivity contribution in [2.75, 3.05) is 26.2 Å². The Labute approximate surface area is 121 Å². The summed E-state index contributed by atoms with van der Waals surface area (Å²) in [7, 11) is 0. The van der Waals surface area contributed by atoms with Gasteiger partial charge in [0.25, 0.3) is 0 Å². The summed E-state index contributed by atoms with van der Waals surface area (Å²) in [5, 5.41) is 7.11. The van der Waals surface area contributed by atoms with Gasteiger partial charge in [-0.1, -0.05) is 46.0 Å². The Hall–Kier alpha value is -0.0800. The second-order valence-corrected chi connectivity index (χ2v) is 6.34. The molecule has 0 atom stereocenters. The molecule has 2 N–H and O–H groups in total. The van der Waals surface area contributed by atoms with E-state index in [1.165, 1.54) is 84.0 Å². The van der Waals surface area contributed by atoms with Gasteiger partial charge in [0.05, 0.1) is 0 Å². The predicted molar refractivity (Wildman–Crippen MR) is 85.6 cm³/mol. The molecule has 1 saturated carbocycles. The fourth-order valence-corrected chi connectivity index (χ4v) is 3.16. The molecule has 2 nitrogen and oxygen atoms in total. The average molecular weight is 268 g/mol. The molecular weight excluding hydrogens is 232 g/mol. The van der Waals surface area contributed by atoms with Crippen LogP contribution in [-0.2, 0) is 0 Å². The van der Waals surface area contributed by atoms with E-state index in [2.05, 4.69) is 24.5 Å². The summed E-state index contributed by atoms with van der Waals surface area (Å²) in [4.78, 5) is 0.